The van der Waals surface area contributed by atoms with E-state index >= 15 is 0 Å². The SMILES string of the molecule is CC(=O)c1ccnc(OCCOCC(C)C)c1. The molecule has 17 heavy (non-hydrogen) atoms. The fraction of sp³-hybridized carbons (Fsp3) is 0.538. The van der Waals surface area contributed by atoms with Gasteiger partial charge in [0.1, 0.15) is 6.61 Å². The second kappa shape index (κ2) is 7.01. The van der Waals surface area contributed by atoms with Crippen molar-refractivity contribution in [3.8, 4) is 5.88 Å². The number of ketones is 1. The smallest absolute Gasteiger partial charge is 0.213 e. The summed E-state index contributed by atoms with van der Waals surface area (Å²) in [7, 11) is 0. The van der Waals surface area contributed by atoms with Crippen LogP contribution < -0.4 is 4.74 Å². The van der Waals surface area contributed by atoms with Crippen LogP contribution in [0, 0.1) is 5.92 Å². The molecule has 0 saturated heterocycles. The van der Waals surface area contributed by atoms with Gasteiger partial charge in [-0.15, -0.1) is 0 Å². The molecule has 0 aliphatic heterocycles. The Morgan fingerprint density at radius 2 is 2.18 bits per heavy atom. The highest BCUT2D eigenvalue weighted by atomic mass is 16.5. The van der Waals surface area contributed by atoms with E-state index in [4.69, 9.17) is 9.47 Å². The summed E-state index contributed by atoms with van der Waals surface area (Å²) in [5.74, 6) is 0.994. The summed E-state index contributed by atoms with van der Waals surface area (Å²) in [6, 6.07) is 3.31. The molecule has 0 aliphatic carbocycles. The highest BCUT2D eigenvalue weighted by Gasteiger charge is 2.02. The van der Waals surface area contributed by atoms with Crippen molar-refractivity contribution in [1.82, 2.24) is 4.98 Å². The lowest BCUT2D eigenvalue weighted by atomic mass is 10.2. The lowest BCUT2D eigenvalue weighted by Gasteiger charge is -2.08. The summed E-state index contributed by atoms with van der Waals surface area (Å²) in [5.41, 5.74) is 0.609. The number of rotatable bonds is 7. The molecular formula is C13H19NO3. The number of ether oxygens (including phenoxy) is 2. The first-order valence-electron chi connectivity index (χ1n) is 5.77. The molecule has 0 aliphatic rings. The maximum atomic E-state index is 11.1. The number of aromatic nitrogens is 1. The van der Waals surface area contributed by atoms with Crippen molar-refractivity contribution in [3.63, 3.8) is 0 Å². The predicted molar refractivity (Wildman–Crippen MR) is 65.4 cm³/mol. The first-order valence-corrected chi connectivity index (χ1v) is 5.77. The molecule has 1 aromatic heterocycles. The number of nitrogens with zero attached hydrogens (tertiary/aromatic N) is 1. The van der Waals surface area contributed by atoms with Crippen molar-refractivity contribution in [2.75, 3.05) is 19.8 Å². The molecule has 0 bridgehead atoms. The molecule has 0 aromatic carbocycles. The van der Waals surface area contributed by atoms with Crippen molar-refractivity contribution in [3.05, 3.63) is 23.9 Å². The summed E-state index contributed by atoms with van der Waals surface area (Å²) < 4.78 is 10.8. The Labute approximate surface area is 102 Å². The summed E-state index contributed by atoms with van der Waals surface area (Å²) in [5, 5.41) is 0. The van der Waals surface area contributed by atoms with Crippen molar-refractivity contribution in [1.29, 1.82) is 0 Å². The first-order chi connectivity index (χ1) is 8.09. The molecule has 0 radical (unpaired) electrons. The van der Waals surface area contributed by atoms with Gasteiger partial charge in [0.2, 0.25) is 5.88 Å². The Morgan fingerprint density at radius 1 is 1.41 bits per heavy atom. The monoisotopic (exact) mass is 237 g/mol. The Balaban J connectivity index is 2.31. The maximum absolute atomic E-state index is 11.1. The van der Waals surface area contributed by atoms with Gasteiger partial charge in [-0.1, -0.05) is 13.8 Å². The summed E-state index contributed by atoms with van der Waals surface area (Å²) in [6.07, 6.45) is 1.57. The number of hydrogen-bond donors (Lipinski definition) is 0. The van der Waals surface area contributed by atoms with Gasteiger partial charge in [0, 0.05) is 24.4 Å². The fourth-order valence-corrected chi connectivity index (χ4v) is 1.23. The molecule has 0 fully saturated rings. The topological polar surface area (TPSA) is 48.4 Å². The number of carbonyl (C=O) groups excluding carboxylic acids is 1. The van der Waals surface area contributed by atoms with E-state index in [1.165, 1.54) is 6.92 Å². The van der Waals surface area contributed by atoms with Gasteiger partial charge in [-0.25, -0.2) is 4.98 Å². The summed E-state index contributed by atoms with van der Waals surface area (Å²) in [6.45, 7) is 7.41. The highest BCUT2D eigenvalue weighted by Crippen LogP contribution is 2.09. The van der Waals surface area contributed by atoms with Crippen molar-refractivity contribution in [2.24, 2.45) is 5.92 Å². The third-order valence-electron chi connectivity index (χ3n) is 2.07. The number of Topliss-reactive ketones (excluding diaryl/α,β-unsaturated/α-hetero) is 1. The molecule has 0 spiro atoms. The van der Waals surface area contributed by atoms with Crippen LogP contribution in [0.3, 0.4) is 0 Å². The molecule has 4 nitrogen and oxygen atoms in total. The average Bonchev–Trinajstić information content (AvgIpc) is 2.28. The van der Waals surface area contributed by atoms with E-state index in [2.05, 4.69) is 18.8 Å². The Morgan fingerprint density at radius 3 is 2.82 bits per heavy atom. The Kier molecular flexibility index (Phi) is 5.63. The second-order valence-corrected chi connectivity index (χ2v) is 4.26. The fourth-order valence-electron chi connectivity index (χ4n) is 1.23. The van der Waals surface area contributed by atoms with Crippen LogP contribution in [0.1, 0.15) is 31.1 Å². The van der Waals surface area contributed by atoms with Crippen molar-refractivity contribution in [2.45, 2.75) is 20.8 Å². The third kappa shape index (κ3) is 5.45. The minimum Gasteiger partial charge on any atom is -0.475 e. The summed E-state index contributed by atoms with van der Waals surface area (Å²) in [4.78, 5) is 15.2. The van der Waals surface area contributed by atoms with Crippen LogP contribution >= 0.6 is 0 Å². The molecule has 1 heterocycles. The quantitative estimate of drug-likeness (QED) is 0.539. The molecular weight excluding hydrogens is 218 g/mol. The molecule has 0 unspecified atom stereocenters. The van der Waals surface area contributed by atoms with Crippen LogP contribution in [-0.2, 0) is 4.74 Å². The lowest BCUT2D eigenvalue weighted by molar-refractivity contribution is 0.0805. The van der Waals surface area contributed by atoms with E-state index in [-0.39, 0.29) is 5.78 Å². The molecule has 0 N–H and O–H groups in total. The Bertz CT molecular complexity index is 363. The van der Waals surface area contributed by atoms with E-state index in [0.717, 1.165) is 6.61 Å². The normalized spacial score (nSPS) is 10.6. The van der Waals surface area contributed by atoms with Gasteiger partial charge in [-0.05, 0) is 18.9 Å². The van der Waals surface area contributed by atoms with Gasteiger partial charge >= 0.3 is 0 Å². The largest absolute Gasteiger partial charge is 0.475 e. The zero-order valence-corrected chi connectivity index (χ0v) is 10.6. The van der Waals surface area contributed by atoms with Crippen molar-refractivity contribution < 1.29 is 14.3 Å². The molecule has 0 saturated carbocycles. The van der Waals surface area contributed by atoms with Crippen LogP contribution in [0.25, 0.3) is 0 Å². The second-order valence-electron chi connectivity index (χ2n) is 4.26. The molecule has 1 rings (SSSR count). The molecule has 1 aromatic rings. The predicted octanol–water partition coefficient (Wildman–Crippen LogP) is 2.34. The third-order valence-corrected chi connectivity index (χ3v) is 2.07. The zero-order valence-electron chi connectivity index (χ0n) is 10.6. The van der Waals surface area contributed by atoms with Gasteiger partial charge in [0.15, 0.2) is 5.78 Å². The molecule has 4 heteroatoms. The van der Waals surface area contributed by atoms with Crippen LogP contribution in [0.4, 0.5) is 0 Å². The molecule has 0 amide bonds. The lowest BCUT2D eigenvalue weighted by Crippen LogP contribution is -2.11. The van der Waals surface area contributed by atoms with Gasteiger partial charge in [0.25, 0.3) is 0 Å². The average molecular weight is 237 g/mol. The van der Waals surface area contributed by atoms with E-state index < -0.39 is 0 Å². The maximum Gasteiger partial charge on any atom is 0.213 e. The van der Waals surface area contributed by atoms with Crippen LogP contribution in [0.5, 0.6) is 5.88 Å². The van der Waals surface area contributed by atoms with Gasteiger partial charge < -0.3 is 9.47 Å². The number of carbonyl (C=O) groups is 1. The minimum absolute atomic E-state index is 0.00769. The van der Waals surface area contributed by atoms with Crippen LogP contribution in [0.2, 0.25) is 0 Å². The van der Waals surface area contributed by atoms with E-state index in [9.17, 15) is 4.79 Å². The highest BCUT2D eigenvalue weighted by molar-refractivity contribution is 5.94. The molecule has 0 atom stereocenters. The number of hydrogen-bond acceptors (Lipinski definition) is 4. The van der Waals surface area contributed by atoms with Crippen LogP contribution in [-0.4, -0.2) is 30.6 Å². The standard InChI is InChI=1S/C13H19NO3/c1-10(2)9-16-6-7-17-13-8-12(11(3)15)4-5-14-13/h4-5,8,10H,6-7,9H2,1-3H3. The van der Waals surface area contributed by atoms with Gasteiger partial charge in [0.05, 0.1) is 6.61 Å². The van der Waals surface area contributed by atoms with E-state index in [1.807, 2.05) is 0 Å². The van der Waals surface area contributed by atoms with E-state index in [1.54, 1.807) is 18.3 Å². The van der Waals surface area contributed by atoms with Crippen LogP contribution in [0.15, 0.2) is 18.3 Å². The zero-order chi connectivity index (χ0) is 12.7. The molecule has 94 valence electrons. The number of pyridine rings is 1. The first kappa shape index (κ1) is 13.6. The van der Waals surface area contributed by atoms with Gasteiger partial charge in [-0.3, -0.25) is 4.79 Å². The van der Waals surface area contributed by atoms with Gasteiger partial charge in [-0.2, -0.15) is 0 Å². The van der Waals surface area contributed by atoms with Crippen molar-refractivity contribution >= 4 is 5.78 Å². The van der Waals surface area contributed by atoms with E-state index in [0.29, 0.717) is 30.6 Å². The summed E-state index contributed by atoms with van der Waals surface area (Å²) >= 11 is 0. The minimum atomic E-state index is 0.00769. The Hall–Kier alpha value is -1.42.